The SMILES string of the molecule is CC(C)CC(=NCC(NC(=O)c1c(Cl)cc(Cl)cc1Cl)C(=O)O)C1C(=O)CC(C)(C)CC1=O. The first-order chi connectivity index (χ1) is 15.2. The molecule has 0 bridgehead atoms. The molecule has 1 amide bonds. The largest absolute Gasteiger partial charge is 0.480 e. The zero-order valence-electron chi connectivity index (χ0n) is 18.9. The van der Waals surface area contributed by atoms with Gasteiger partial charge in [-0.05, 0) is 29.9 Å². The minimum absolute atomic E-state index is 0.0286. The Morgan fingerprint density at radius 2 is 1.64 bits per heavy atom. The van der Waals surface area contributed by atoms with Gasteiger partial charge >= 0.3 is 5.97 Å². The number of benzene rings is 1. The number of carbonyl (C=O) groups excluding carboxylic acids is 3. The van der Waals surface area contributed by atoms with Crippen LogP contribution in [0, 0.1) is 17.3 Å². The maximum atomic E-state index is 12.8. The van der Waals surface area contributed by atoms with Crippen molar-refractivity contribution in [1.29, 1.82) is 0 Å². The van der Waals surface area contributed by atoms with Gasteiger partial charge in [0.15, 0.2) is 0 Å². The first-order valence-corrected chi connectivity index (χ1v) is 11.6. The van der Waals surface area contributed by atoms with E-state index in [0.717, 1.165) is 0 Å². The molecule has 180 valence electrons. The number of amides is 1. The van der Waals surface area contributed by atoms with E-state index in [-0.39, 0.29) is 57.5 Å². The van der Waals surface area contributed by atoms with Crippen molar-refractivity contribution in [1.82, 2.24) is 5.32 Å². The number of nitrogens with zero attached hydrogens (tertiary/aromatic N) is 1. The van der Waals surface area contributed by atoms with Crippen LogP contribution < -0.4 is 5.32 Å². The fraction of sp³-hybridized carbons (Fsp3) is 0.522. The number of nitrogens with one attached hydrogen (secondary N) is 1. The number of carboxylic acids is 1. The Balaban J connectivity index is 2.29. The zero-order chi connectivity index (χ0) is 25.1. The molecule has 1 unspecified atom stereocenters. The zero-order valence-corrected chi connectivity index (χ0v) is 21.1. The highest BCUT2D eigenvalue weighted by atomic mass is 35.5. The molecule has 2 rings (SSSR count). The number of rotatable bonds is 8. The molecule has 1 aromatic rings. The molecule has 0 spiro atoms. The maximum absolute atomic E-state index is 12.8. The van der Waals surface area contributed by atoms with Crippen molar-refractivity contribution in [2.24, 2.45) is 22.2 Å². The van der Waals surface area contributed by atoms with Gasteiger partial charge < -0.3 is 10.4 Å². The molecule has 0 saturated heterocycles. The fourth-order valence-electron chi connectivity index (χ4n) is 3.84. The van der Waals surface area contributed by atoms with Crippen molar-refractivity contribution >= 4 is 64.0 Å². The highest BCUT2D eigenvalue weighted by Gasteiger charge is 2.42. The third-order valence-corrected chi connectivity index (χ3v) is 6.03. The molecule has 1 saturated carbocycles. The van der Waals surface area contributed by atoms with E-state index >= 15 is 0 Å². The summed E-state index contributed by atoms with van der Waals surface area (Å²) in [6.45, 7) is 7.20. The molecule has 1 fully saturated rings. The molecule has 2 N–H and O–H groups in total. The Labute approximate surface area is 207 Å². The topological polar surface area (TPSA) is 113 Å². The van der Waals surface area contributed by atoms with Gasteiger partial charge in [-0.1, -0.05) is 62.5 Å². The van der Waals surface area contributed by atoms with Crippen LogP contribution in [-0.2, 0) is 14.4 Å². The smallest absolute Gasteiger partial charge is 0.328 e. The molecular formula is C23H27Cl3N2O5. The molecule has 0 aliphatic heterocycles. The van der Waals surface area contributed by atoms with Gasteiger partial charge in [0, 0.05) is 23.6 Å². The molecule has 1 aliphatic carbocycles. The quantitative estimate of drug-likeness (QED) is 0.376. The molecule has 0 radical (unpaired) electrons. The van der Waals surface area contributed by atoms with Gasteiger partial charge in [0.2, 0.25) is 0 Å². The van der Waals surface area contributed by atoms with E-state index < -0.39 is 29.3 Å². The van der Waals surface area contributed by atoms with Crippen LogP contribution in [0.4, 0.5) is 0 Å². The number of Topliss-reactive ketones (excluding diaryl/α,β-unsaturated/α-hetero) is 2. The standard InChI is InChI=1S/C23H27Cl3N2O5/c1-11(2)5-15(20-17(29)8-23(3,4)9-18(20)30)27-10-16(22(32)33)28-21(31)19-13(25)6-12(24)7-14(19)26/h6-7,11,16,20H,5,8-10H2,1-4H3,(H,28,31)(H,32,33). The van der Waals surface area contributed by atoms with E-state index in [2.05, 4.69) is 10.3 Å². The lowest BCUT2D eigenvalue weighted by molar-refractivity contribution is -0.139. The summed E-state index contributed by atoms with van der Waals surface area (Å²) in [4.78, 5) is 54.4. The van der Waals surface area contributed by atoms with Gasteiger partial charge in [-0.15, -0.1) is 0 Å². The van der Waals surface area contributed by atoms with Crippen LogP contribution >= 0.6 is 34.8 Å². The summed E-state index contributed by atoms with van der Waals surface area (Å²) in [5.74, 6) is -3.46. The predicted octanol–water partition coefficient (Wildman–Crippen LogP) is 4.89. The van der Waals surface area contributed by atoms with Crippen molar-refractivity contribution in [2.75, 3.05) is 6.54 Å². The van der Waals surface area contributed by atoms with E-state index in [0.29, 0.717) is 12.1 Å². The number of carboxylic acid groups (broad SMARTS) is 1. The molecule has 10 heteroatoms. The molecule has 0 aromatic heterocycles. The van der Waals surface area contributed by atoms with E-state index in [1.165, 1.54) is 12.1 Å². The summed E-state index contributed by atoms with van der Waals surface area (Å²) in [5.41, 5.74) is -0.179. The monoisotopic (exact) mass is 516 g/mol. The van der Waals surface area contributed by atoms with E-state index in [9.17, 15) is 24.3 Å². The Bertz CT molecular complexity index is 961. The highest BCUT2D eigenvalue weighted by Crippen LogP contribution is 2.35. The molecule has 7 nitrogen and oxygen atoms in total. The lowest BCUT2D eigenvalue weighted by Gasteiger charge is -2.33. The Morgan fingerprint density at radius 1 is 1.12 bits per heavy atom. The number of ketones is 2. The molecule has 1 aliphatic rings. The van der Waals surface area contributed by atoms with E-state index in [1.807, 2.05) is 27.7 Å². The number of hydrogen-bond donors (Lipinski definition) is 2. The number of aliphatic imine (C=N–C) groups is 1. The number of hydrogen-bond acceptors (Lipinski definition) is 5. The Morgan fingerprint density at radius 3 is 2.09 bits per heavy atom. The second-order valence-electron chi connectivity index (χ2n) is 9.42. The summed E-state index contributed by atoms with van der Waals surface area (Å²) in [6.07, 6.45) is 0.845. The van der Waals surface area contributed by atoms with Gasteiger partial charge in [-0.25, -0.2) is 4.79 Å². The lowest BCUT2D eigenvalue weighted by Crippen LogP contribution is -2.45. The number of carbonyl (C=O) groups is 4. The predicted molar refractivity (Wildman–Crippen MR) is 129 cm³/mol. The first-order valence-electron chi connectivity index (χ1n) is 10.5. The van der Waals surface area contributed by atoms with Crippen LogP contribution in [0.1, 0.15) is 57.3 Å². The lowest BCUT2D eigenvalue weighted by atomic mass is 9.69. The van der Waals surface area contributed by atoms with Crippen molar-refractivity contribution < 1.29 is 24.3 Å². The molecule has 1 aromatic carbocycles. The van der Waals surface area contributed by atoms with Crippen LogP contribution in [0.25, 0.3) is 0 Å². The van der Waals surface area contributed by atoms with Gasteiger partial charge in [0.1, 0.15) is 23.5 Å². The molecule has 1 atom stereocenters. The third kappa shape index (κ3) is 7.26. The minimum atomic E-state index is -1.42. The van der Waals surface area contributed by atoms with Crippen LogP contribution in [0.15, 0.2) is 17.1 Å². The van der Waals surface area contributed by atoms with Crippen LogP contribution in [-0.4, -0.2) is 46.8 Å². The van der Waals surface area contributed by atoms with Gasteiger partial charge in [0.25, 0.3) is 5.91 Å². The normalized spacial score (nSPS) is 17.9. The Hall–Kier alpha value is -1.96. The summed E-state index contributed by atoms with van der Waals surface area (Å²) >= 11 is 18.0. The molecule has 0 heterocycles. The van der Waals surface area contributed by atoms with Crippen molar-refractivity contribution in [3.63, 3.8) is 0 Å². The highest BCUT2D eigenvalue weighted by molar-refractivity contribution is 6.42. The van der Waals surface area contributed by atoms with Crippen molar-refractivity contribution in [3.8, 4) is 0 Å². The maximum Gasteiger partial charge on any atom is 0.328 e. The molecule has 33 heavy (non-hydrogen) atoms. The fourth-order valence-corrected chi connectivity index (χ4v) is 4.83. The molecular weight excluding hydrogens is 491 g/mol. The summed E-state index contributed by atoms with van der Waals surface area (Å²) in [7, 11) is 0. The first kappa shape index (κ1) is 27.3. The van der Waals surface area contributed by atoms with Crippen LogP contribution in [0.3, 0.4) is 0 Å². The van der Waals surface area contributed by atoms with Crippen LogP contribution in [0.5, 0.6) is 0 Å². The average molecular weight is 518 g/mol. The summed E-state index contributed by atoms with van der Waals surface area (Å²) in [5, 5.41) is 12.1. The second kappa shape index (κ2) is 11.0. The van der Waals surface area contributed by atoms with Gasteiger partial charge in [-0.2, -0.15) is 0 Å². The summed E-state index contributed by atoms with van der Waals surface area (Å²) < 4.78 is 0. The van der Waals surface area contributed by atoms with Gasteiger partial charge in [-0.3, -0.25) is 19.4 Å². The second-order valence-corrected chi connectivity index (χ2v) is 10.7. The number of aliphatic carboxylic acids is 1. The Kier molecular flexibility index (Phi) is 9.08. The van der Waals surface area contributed by atoms with Gasteiger partial charge in [0.05, 0.1) is 22.2 Å². The van der Waals surface area contributed by atoms with Crippen LogP contribution in [0.2, 0.25) is 15.1 Å². The van der Waals surface area contributed by atoms with Crippen molar-refractivity contribution in [3.05, 3.63) is 32.8 Å². The average Bonchev–Trinajstić information content (AvgIpc) is 2.61. The number of halogens is 3. The van der Waals surface area contributed by atoms with E-state index in [1.54, 1.807) is 0 Å². The minimum Gasteiger partial charge on any atom is -0.480 e. The van der Waals surface area contributed by atoms with E-state index in [4.69, 9.17) is 34.8 Å². The van der Waals surface area contributed by atoms with Crippen molar-refractivity contribution in [2.45, 2.75) is 53.0 Å². The summed E-state index contributed by atoms with van der Waals surface area (Å²) in [6, 6.07) is 1.22. The third-order valence-electron chi connectivity index (χ3n) is 5.21.